The molecule has 4 heteroatoms. The standard InChI is InChI=1S/C23H13N2.C11H8N.Ir/c1-2-10-18-16(9-1)17-11-5-7-15-8-6-14-21(22(15)17)25-20-13-4-3-12-19(20)24-23(18)25;1-2-6-10(7-3-1)11-8-4-5-9-12-11;/h1-9,11-14H;1-6,8-9H;/q2*-1;. The van der Waals surface area contributed by atoms with Crippen LogP contribution in [0.5, 0.6) is 0 Å². The van der Waals surface area contributed by atoms with E-state index in [1.807, 2.05) is 54.6 Å². The molecule has 0 aliphatic heterocycles. The first-order valence-corrected chi connectivity index (χ1v) is 12.3. The number of pyridine rings is 1. The normalized spacial score (nSPS) is 10.9. The Kier molecular flexibility index (Phi) is 6.43. The molecule has 3 nitrogen and oxygen atoms in total. The number of fused-ring (bicyclic) bond motifs is 7. The van der Waals surface area contributed by atoms with Crippen LogP contribution in [0.1, 0.15) is 0 Å². The van der Waals surface area contributed by atoms with Crippen LogP contribution in [-0.4, -0.2) is 14.4 Å². The Labute approximate surface area is 233 Å². The number of imidazole rings is 1. The van der Waals surface area contributed by atoms with Crippen LogP contribution in [0.15, 0.2) is 128 Å². The van der Waals surface area contributed by atoms with Gasteiger partial charge in [0.05, 0.1) is 16.7 Å². The minimum Gasteiger partial charge on any atom is -0.333 e. The topological polar surface area (TPSA) is 30.2 Å². The van der Waals surface area contributed by atoms with Crippen molar-refractivity contribution in [2.75, 3.05) is 0 Å². The van der Waals surface area contributed by atoms with Crippen molar-refractivity contribution in [1.29, 1.82) is 0 Å². The van der Waals surface area contributed by atoms with Crippen LogP contribution in [0.3, 0.4) is 0 Å². The Morgan fingerprint density at radius 3 is 2.21 bits per heavy atom. The minimum atomic E-state index is 0. The van der Waals surface area contributed by atoms with Crippen molar-refractivity contribution in [2.45, 2.75) is 0 Å². The van der Waals surface area contributed by atoms with Crippen LogP contribution in [0, 0.1) is 12.1 Å². The molecular weight excluding hydrogens is 643 g/mol. The Morgan fingerprint density at radius 2 is 1.37 bits per heavy atom. The molecule has 5 aromatic carbocycles. The third-order valence-electron chi connectivity index (χ3n) is 6.70. The van der Waals surface area contributed by atoms with E-state index >= 15 is 0 Å². The second kappa shape index (κ2) is 10.2. The van der Waals surface area contributed by atoms with E-state index in [1.54, 1.807) is 6.20 Å². The molecule has 0 saturated heterocycles. The van der Waals surface area contributed by atoms with Crippen molar-refractivity contribution in [3.05, 3.63) is 140 Å². The molecular formula is C34H21IrN3-2. The summed E-state index contributed by atoms with van der Waals surface area (Å²) in [5.74, 6) is 0. The molecule has 0 spiro atoms. The first-order valence-electron chi connectivity index (χ1n) is 12.3. The van der Waals surface area contributed by atoms with E-state index in [0.717, 1.165) is 33.3 Å². The average Bonchev–Trinajstić information content (AvgIpc) is 3.32. The maximum absolute atomic E-state index is 4.96. The van der Waals surface area contributed by atoms with Gasteiger partial charge in [0, 0.05) is 37.2 Å². The van der Waals surface area contributed by atoms with Crippen molar-refractivity contribution in [2.24, 2.45) is 0 Å². The van der Waals surface area contributed by atoms with Crippen LogP contribution >= 0.6 is 0 Å². The summed E-state index contributed by atoms with van der Waals surface area (Å²) in [7, 11) is 0. The van der Waals surface area contributed by atoms with Gasteiger partial charge in [0.25, 0.3) is 0 Å². The van der Waals surface area contributed by atoms with Gasteiger partial charge < -0.3 is 9.38 Å². The van der Waals surface area contributed by atoms with E-state index in [0.29, 0.717) is 0 Å². The van der Waals surface area contributed by atoms with E-state index in [9.17, 15) is 0 Å². The molecule has 38 heavy (non-hydrogen) atoms. The zero-order valence-corrected chi connectivity index (χ0v) is 22.7. The van der Waals surface area contributed by atoms with Crippen molar-refractivity contribution in [3.8, 4) is 11.3 Å². The molecule has 0 atom stereocenters. The molecule has 183 valence electrons. The van der Waals surface area contributed by atoms with Gasteiger partial charge in [-0.25, -0.2) is 0 Å². The second-order valence-electron chi connectivity index (χ2n) is 8.89. The van der Waals surface area contributed by atoms with Crippen LogP contribution < -0.4 is 0 Å². The molecule has 0 bridgehead atoms. The molecule has 3 heterocycles. The molecule has 0 aliphatic rings. The van der Waals surface area contributed by atoms with Crippen LogP contribution in [0.25, 0.3) is 60.4 Å². The molecule has 0 amide bonds. The maximum atomic E-state index is 4.96. The zero-order valence-electron chi connectivity index (χ0n) is 20.3. The van der Waals surface area contributed by atoms with Crippen molar-refractivity contribution in [1.82, 2.24) is 14.4 Å². The fourth-order valence-corrected chi connectivity index (χ4v) is 5.09. The Bertz CT molecular complexity index is 1990. The Balaban J connectivity index is 0.000000172. The first-order chi connectivity index (χ1) is 18.4. The van der Waals surface area contributed by atoms with Gasteiger partial charge in [-0.2, -0.15) is 0 Å². The molecule has 0 saturated carbocycles. The van der Waals surface area contributed by atoms with Gasteiger partial charge in [0.15, 0.2) is 0 Å². The van der Waals surface area contributed by atoms with E-state index in [1.165, 1.54) is 27.1 Å². The van der Waals surface area contributed by atoms with Crippen molar-refractivity contribution in [3.63, 3.8) is 0 Å². The minimum absolute atomic E-state index is 0. The van der Waals surface area contributed by atoms with Gasteiger partial charge >= 0.3 is 0 Å². The molecule has 1 radical (unpaired) electrons. The number of hydrogen-bond donors (Lipinski definition) is 0. The number of aromatic nitrogens is 3. The summed E-state index contributed by atoms with van der Waals surface area (Å²) in [4.78, 5) is 9.17. The van der Waals surface area contributed by atoms with E-state index in [2.05, 4.69) is 88.2 Å². The van der Waals surface area contributed by atoms with Crippen molar-refractivity contribution >= 4 is 49.1 Å². The summed E-state index contributed by atoms with van der Waals surface area (Å²) in [6.07, 6.45) is 1.79. The molecule has 0 unspecified atom stereocenters. The predicted octanol–water partition coefficient (Wildman–Crippen LogP) is 8.29. The third kappa shape index (κ3) is 4.05. The fraction of sp³-hybridized carbons (Fsp3) is 0. The molecule has 8 aromatic rings. The van der Waals surface area contributed by atoms with Crippen LogP contribution in [0.2, 0.25) is 0 Å². The molecule has 8 rings (SSSR count). The third-order valence-corrected chi connectivity index (χ3v) is 6.70. The Hall–Kier alpha value is -4.37. The van der Waals surface area contributed by atoms with E-state index in [-0.39, 0.29) is 20.1 Å². The van der Waals surface area contributed by atoms with Gasteiger partial charge in [0.1, 0.15) is 0 Å². The average molecular weight is 664 g/mol. The maximum Gasteiger partial charge on any atom is 0.0774 e. The number of para-hydroxylation sites is 2. The summed E-state index contributed by atoms with van der Waals surface area (Å²) in [6.45, 7) is 0. The fourth-order valence-electron chi connectivity index (χ4n) is 5.09. The SMILES string of the molecule is [Ir].[c-]1cccc2c1c1nc3ccccc3n1c1cccc3cccc2c31.[c-]1ccccc1-c1ccccn1. The summed E-state index contributed by atoms with van der Waals surface area (Å²) < 4.78 is 2.28. The summed E-state index contributed by atoms with van der Waals surface area (Å²) in [5, 5.41) is 6.01. The van der Waals surface area contributed by atoms with Crippen LogP contribution in [0.4, 0.5) is 0 Å². The number of rotatable bonds is 1. The van der Waals surface area contributed by atoms with Gasteiger partial charge in [-0.3, -0.25) is 4.98 Å². The second-order valence-corrected chi connectivity index (χ2v) is 8.89. The van der Waals surface area contributed by atoms with Gasteiger partial charge in [-0.15, -0.1) is 65.5 Å². The number of nitrogens with zero attached hydrogens (tertiary/aromatic N) is 3. The summed E-state index contributed by atoms with van der Waals surface area (Å²) >= 11 is 0. The first kappa shape index (κ1) is 24.0. The summed E-state index contributed by atoms with van der Waals surface area (Å²) in [5.41, 5.74) is 6.29. The number of hydrogen-bond acceptors (Lipinski definition) is 2. The molecule has 3 aromatic heterocycles. The quantitative estimate of drug-likeness (QED) is 0.166. The van der Waals surface area contributed by atoms with Gasteiger partial charge in [0.2, 0.25) is 0 Å². The van der Waals surface area contributed by atoms with E-state index < -0.39 is 0 Å². The zero-order chi connectivity index (χ0) is 24.6. The molecule has 0 aliphatic carbocycles. The molecule has 0 fully saturated rings. The monoisotopic (exact) mass is 664 g/mol. The van der Waals surface area contributed by atoms with Crippen molar-refractivity contribution < 1.29 is 20.1 Å². The smallest absolute Gasteiger partial charge is 0.0774 e. The van der Waals surface area contributed by atoms with E-state index in [4.69, 9.17) is 4.98 Å². The summed E-state index contributed by atoms with van der Waals surface area (Å²) in [6, 6.07) is 47.8. The van der Waals surface area contributed by atoms with Gasteiger partial charge in [-0.1, -0.05) is 65.4 Å². The van der Waals surface area contributed by atoms with Crippen LogP contribution in [-0.2, 0) is 20.1 Å². The van der Waals surface area contributed by atoms with Gasteiger partial charge in [-0.05, 0) is 35.3 Å². The largest absolute Gasteiger partial charge is 0.333 e. The predicted molar refractivity (Wildman–Crippen MR) is 153 cm³/mol. The number of benzene rings is 5. The Morgan fingerprint density at radius 1 is 0.605 bits per heavy atom. The molecule has 0 N–H and O–H groups in total.